The molecule has 0 spiro atoms. The van der Waals surface area contributed by atoms with Crippen LogP contribution in [0.1, 0.15) is 43.7 Å². The van der Waals surface area contributed by atoms with Gasteiger partial charge in [-0.05, 0) is 35.7 Å². The molecule has 2 aromatic rings. The van der Waals surface area contributed by atoms with E-state index in [-0.39, 0.29) is 47.6 Å². The smallest absolute Gasteiger partial charge is 0.227 e. The molecule has 2 amide bonds. The molecule has 0 bridgehead atoms. The van der Waals surface area contributed by atoms with E-state index in [1.807, 2.05) is 56.3 Å². The molecule has 3 rings (SSSR count). The molecule has 1 aliphatic rings. The number of carbonyl (C=O) groups is 2. The van der Waals surface area contributed by atoms with Crippen LogP contribution in [0.3, 0.4) is 0 Å². The summed E-state index contributed by atoms with van der Waals surface area (Å²) in [7, 11) is 1.72. The van der Waals surface area contributed by atoms with Crippen LogP contribution >= 0.6 is 24.0 Å². The van der Waals surface area contributed by atoms with Crippen LogP contribution in [0.5, 0.6) is 0 Å². The number of nitrogens with one attached hydrogen (secondary N) is 4. The molecule has 1 heterocycles. The Labute approximate surface area is 206 Å². The molecule has 2 atom stereocenters. The summed E-state index contributed by atoms with van der Waals surface area (Å²) < 4.78 is 0. The van der Waals surface area contributed by atoms with Crippen molar-refractivity contribution in [1.29, 1.82) is 0 Å². The lowest BCUT2D eigenvalue weighted by molar-refractivity contribution is -0.119. The van der Waals surface area contributed by atoms with Gasteiger partial charge in [0.1, 0.15) is 0 Å². The Hall–Kier alpha value is -2.62. The highest BCUT2D eigenvalue weighted by molar-refractivity contribution is 14.0. The average molecular weight is 549 g/mol. The van der Waals surface area contributed by atoms with Gasteiger partial charge >= 0.3 is 0 Å². The maximum atomic E-state index is 12.1. The number of carbonyl (C=O) groups excluding carboxylic acids is 2. The summed E-state index contributed by atoms with van der Waals surface area (Å²) in [6.07, 6.45) is 1.25. The maximum absolute atomic E-state index is 12.1. The monoisotopic (exact) mass is 549 g/mol. The standard InChI is InChI=1S/C24H31N5O2.HI/c1-4-16(2)23(31)28-19-9-7-8-17(12-19)14-26-24(25-3)27-15-18-13-22(30)29-21-11-6-5-10-20(18)21;/h5-12,16,18H,4,13-15H2,1-3H3,(H,28,31)(H,29,30)(H2,25,26,27);1H. The Balaban J connectivity index is 0.00000363. The van der Waals surface area contributed by atoms with Crippen molar-refractivity contribution in [2.45, 2.75) is 39.2 Å². The molecule has 0 aliphatic carbocycles. The highest BCUT2D eigenvalue weighted by Gasteiger charge is 2.24. The van der Waals surface area contributed by atoms with Crippen LogP contribution in [0.2, 0.25) is 0 Å². The number of para-hydroxylation sites is 1. The number of anilines is 2. The molecule has 7 nitrogen and oxygen atoms in total. The molecule has 1 aliphatic heterocycles. The van der Waals surface area contributed by atoms with Gasteiger partial charge in [0.15, 0.2) is 5.96 Å². The molecule has 2 aromatic carbocycles. The number of benzene rings is 2. The van der Waals surface area contributed by atoms with Gasteiger partial charge in [0.05, 0.1) is 0 Å². The number of aliphatic imine (C=N–C) groups is 1. The van der Waals surface area contributed by atoms with Gasteiger partial charge in [0, 0.05) is 49.8 Å². The molecule has 0 saturated carbocycles. The lowest BCUT2D eigenvalue weighted by atomic mass is 9.90. The minimum atomic E-state index is -0.0168. The third kappa shape index (κ3) is 6.94. The summed E-state index contributed by atoms with van der Waals surface area (Å²) in [5, 5.41) is 12.5. The number of fused-ring (bicyclic) bond motifs is 1. The van der Waals surface area contributed by atoms with E-state index in [4.69, 9.17) is 0 Å². The first-order valence-electron chi connectivity index (χ1n) is 10.7. The van der Waals surface area contributed by atoms with Crippen molar-refractivity contribution < 1.29 is 9.59 Å². The van der Waals surface area contributed by atoms with Gasteiger partial charge in [-0.2, -0.15) is 0 Å². The normalized spacial score (nSPS) is 16.2. The lowest BCUT2D eigenvalue weighted by Gasteiger charge is -2.26. The van der Waals surface area contributed by atoms with E-state index in [1.165, 1.54) is 0 Å². The molecule has 0 aromatic heterocycles. The van der Waals surface area contributed by atoms with Crippen LogP contribution in [-0.2, 0) is 16.1 Å². The summed E-state index contributed by atoms with van der Waals surface area (Å²) in [6, 6.07) is 15.7. The van der Waals surface area contributed by atoms with Crippen LogP contribution < -0.4 is 21.3 Å². The molecular weight excluding hydrogens is 517 g/mol. The summed E-state index contributed by atoms with van der Waals surface area (Å²) in [6.45, 7) is 5.09. The highest BCUT2D eigenvalue weighted by Crippen LogP contribution is 2.31. The summed E-state index contributed by atoms with van der Waals surface area (Å²) in [5.74, 6) is 0.795. The van der Waals surface area contributed by atoms with E-state index in [0.717, 1.165) is 28.9 Å². The summed E-state index contributed by atoms with van der Waals surface area (Å²) in [4.78, 5) is 28.4. The summed E-state index contributed by atoms with van der Waals surface area (Å²) >= 11 is 0. The number of hydrogen-bond acceptors (Lipinski definition) is 3. The number of amides is 2. The lowest BCUT2D eigenvalue weighted by Crippen LogP contribution is -2.40. The van der Waals surface area contributed by atoms with Crippen LogP contribution in [0.25, 0.3) is 0 Å². The molecule has 32 heavy (non-hydrogen) atoms. The Bertz CT molecular complexity index is 963. The first kappa shape index (κ1) is 25.6. The van der Waals surface area contributed by atoms with Crippen molar-refractivity contribution in [3.63, 3.8) is 0 Å². The van der Waals surface area contributed by atoms with Crippen molar-refractivity contribution in [2.24, 2.45) is 10.9 Å². The molecule has 8 heteroatoms. The van der Waals surface area contributed by atoms with Gasteiger partial charge in [-0.15, -0.1) is 24.0 Å². The number of nitrogens with zero attached hydrogens (tertiary/aromatic N) is 1. The van der Waals surface area contributed by atoms with Gasteiger partial charge in [-0.1, -0.05) is 44.2 Å². The number of guanidine groups is 1. The summed E-state index contributed by atoms with van der Waals surface area (Å²) in [5.41, 5.74) is 3.84. The van der Waals surface area contributed by atoms with Crippen molar-refractivity contribution >= 4 is 53.1 Å². The van der Waals surface area contributed by atoms with Crippen LogP contribution in [0, 0.1) is 5.92 Å². The quantitative estimate of drug-likeness (QED) is 0.238. The first-order valence-corrected chi connectivity index (χ1v) is 10.7. The van der Waals surface area contributed by atoms with Crippen LogP contribution in [-0.4, -0.2) is 31.4 Å². The van der Waals surface area contributed by atoms with E-state index >= 15 is 0 Å². The van der Waals surface area contributed by atoms with Crippen LogP contribution in [0.15, 0.2) is 53.5 Å². The van der Waals surface area contributed by atoms with Gasteiger partial charge < -0.3 is 21.3 Å². The van der Waals surface area contributed by atoms with Crippen molar-refractivity contribution in [2.75, 3.05) is 24.2 Å². The fourth-order valence-electron chi connectivity index (χ4n) is 3.52. The Morgan fingerprint density at radius 1 is 1.19 bits per heavy atom. The van der Waals surface area contributed by atoms with E-state index in [1.54, 1.807) is 7.05 Å². The van der Waals surface area contributed by atoms with E-state index < -0.39 is 0 Å². The third-order valence-electron chi connectivity index (χ3n) is 5.56. The molecular formula is C24H32IN5O2. The van der Waals surface area contributed by atoms with Gasteiger partial charge in [0.25, 0.3) is 0 Å². The maximum Gasteiger partial charge on any atom is 0.227 e. The molecule has 172 valence electrons. The number of rotatable bonds is 7. The van der Waals surface area contributed by atoms with Crippen molar-refractivity contribution in [3.8, 4) is 0 Å². The zero-order valence-corrected chi connectivity index (χ0v) is 21.1. The van der Waals surface area contributed by atoms with Gasteiger partial charge in [0.2, 0.25) is 11.8 Å². The van der Waals surface area contributed by atoms with Crippen LogP contribution in [0.4, 0.5) is 11.4 Å². The fraction of sp³-hybridized carbons (Fsp3) is 0.375. The molecule has 4 N–H and O–H groups in total. The Kier molecular flexibility index (Phi) is 9.96. The second-order valence-electron chi connectivity index (χ2n) is 7.84. The molecule has 0 radical (unpaired) electrons. The predicted molar refractivity (Wildman–Crippen MR) is 141 cm³/mol. The second-order valence-corrected chi connectivity index (χ2v) is 7.84. The van der Waals surface area contributed by atoms with Gasteiger partial charge in [-0.3, -0.25) is 14.6 Å². The highest BCUT2D eigenvalue weighted by atomic mass is 127. The number of hydrogen-bond donors (Lipinski definition) is 4. The van der Waals surface area contributed by atoms with E-state index in [0.29, 0.717) is 25.5 Å². The van der Waals surface area contributed by atoms with Crippen molar-refractivity contribution in [3.05, 3.63) is 59.7 Å². The molecule has 0 saturated heterocycles. The Morgan fingerprint density at radius 3 is 2.72 bits per heavy atom. The first-order chi connectivity index (χ1) is 15.0. The van der Waals surface area contributed by atoms with E-state index in [2.05, 4.69) is 32.3 Å². The minimum Gasteiger partial charge on any atom is -0.356 e. The largest absolute Gasteiger partial charge is 0.356 e. The van der Waals surface area contributed by atoms with Crippen molar-refractivity contribution in [1.82, 2.24) is 10.6 Å². The average Bonchev–Trinajstić information content (AvgIpc) is 2.78. The zero-order valence-electron chi connectivity index (χ0n) is 18.8. The molecule has 2 unspecified atom stereocenters. The topological polar surface area (TPSA) is 94.6 Å². The third-order valence-corrected chi connectivity index (χ3v) is 5.56. The fourth-order valence-corrected chi connectivity index (χ4v) is 3.52. The van der Waals surface area contributed by atoms with Gasteiger partial charge in [-0.25, -0.2) is 0 Å². The number of halogens is 1. The predicted octanol–water partition coefficient (Wildman–Crippen LogP) is 4.08. The molecule has 0 fully saturated rings. The second kappa shape index (κ2) is 12.4. The zero-order chi connectivity index (χ0) is 22.2. The minimum absolute atomic E-state index is 0. The SMILES string of the molecule is CCC(C)C(=O)Nc1cccc(CNC(=NC)NCC2CC(=O)Nc3ccccc32)c1.I. The van der Waals surface area contributed by atoms with E-state index in [9.17, 15) is 9.59 Å². The Morgan fingerprint density at radius 2 is 1.97 bits per heavy atom.